The number of piperidine rings is 1. The quantitative estimate of drug-likeness (QED) is 0.726. The molecule has 1 aliphatic heterocycles. The Morgan fingerprint density at radius 3 is 2.64 bits per heavy atom. The molecule has 1 saturated heterocycles. The van der Waals surface area contributed by atoms with E-state index in [1.54, 1.807) is 0 Å². The molecule has 0 amide bonds. The summed E-state index contributed by atoms with van der Waals surface area (Å²) >= 11 is 0. The summed E-state index contributed by atoms with van der Waals surface area (Å²) in [7, 11) is 0. The van der Waals surface area contributed by atoms with Crippen molar-refractivity contribution in [3.8, 4) is 0 Å². The van der Waals surface area contributed by atoms with Crippen molar-refractivity contribution in [2.45, 2.75) is 39.2 Å². The van der Waals surface area contributed by atoms with Crippen LogP contribution in [0.2, 0.25) is 0 Å². The SMILES string of the molecule is CC(C)C(=O)CCOC1CCNCC1. The van der Waals surface area contributed by atoms with Gasteiger partial charge in [-0.3, -0.25) is 4.79 Å². The Morgan fingerprint density at radius 2 is 2.07 bits per heavy atom. The van der Waals surface area contributed by atoms with Gasteiger partial charge in [0.05, 0.1) is 12.7 Å². The number of Topliss-reactive ketones (excluding diaryl/α,β-unsaturated/α-hetero) is 1. The number of carbonyl (C=O) groups excluding carboxylic acids is 1. The molecule has 0 unspecified atom stereocenters. The molecular formula is C11H21NO2. The third-order valence-electron chi connectivity index (χ3n) is 2.63. The Kier molecular flexibility index (Phi) is 5.12. The molecule has 0 aromatic carbocycles. The second-order valence-electron chi connectivity index (χ2n) is 4.19. The molecule has 0 spiro atoms. The maximum atomic E-state index is 11.3. The zero-order valence-electron chi connectivity index (χ0n) is 9.21. The zero-order chi connectivity index (χ0) is 10.4. The number of hydrogen-bond acceptors (Lipinski definition) is 3. The second-order valence-corrected chi connectivity index (χ2v) is 4.19. The number of carbonyl (C=O) groups is 1. The fourth-order valence-corrected chi connectivity index (χ4v) is 1.58. The molecule has 1 fully saturated rings. The highest BCUT2D eigenvalue weighted by atomic mass is 16.5. The van der Waals surface area contributed by atoms with Gasteiger partial charge in [0.1, 0.15) is 5.78 Å². The topological polar surface area (TPSA) is 38.3 Å². The zero-order valence-corrected chi connectivity index (χ0v) is 9.21. The first kappa shape index (κ1) is 11.7. The molecule has 1 aliphatic rings. The van der Waals surface area contributed by atoms with E-state index in [0.717, 1.165) is 25.9 Å². The predicted octanol–water partition coefficient (Wildman–Crippen LogP) is 1.37. The molecule has 0 aliphatic carbocycles. The second kappa shape index (κ2) is 6.14. The van der Waals surface area contributed by atoms with Crippen LogP contribution in [0.5, 0.6) is 0 Å². The summed E-state index contributed by atoms with van der Waals surface area (Å²) < 4.78 is 5.64. The van der Waals surface area contributed by atoms with Crippen LogP contribution < -0.4 is 5.32 Å². The number of hydrogen-bond donors (Lipinski definition) is 1. The molecule has 3 heteroatoms. The van der Waals surface area contributed by atoms with Crippen LogP contribution in [0.3, 0.4) is 0 Å². The molecule has 1 N–H and O–H groups in total. The maximum absolute atomic E-state index is 11.3. The van der Waals surface area contributed by atoms with E-state index in [4.69, 9.17) is 4.74 Å². The molecule has 14 heavy (non-hydrogen) atoms. The number of ketones is 1. The van der Waals surface area contributed by atoms with Gasteiger partial charge >= 0.3 is 0 Å². The number of ether oxygens (including phenoxy) is 1. The van der Waals surface area contributed by atoms with Crippen LogP contribution in [-0.4, -0.2) is 31.6 Å². The molecule has 0 saturated carbocycles. The van der Waals surface area contributed by atoms with E-state index < -0.39 is 0 Å². The minimum Gasteiger partial charge on any atom is -0.378 e. The van der Waals surface area contributed by atoms with Gasteiger partial charge in [-0.2, -0.15) is 0 Å². The van der Waals surface area contributed by atoms with E-state index in [1.807, 2.05) is 13.8 Å². The molecule has 0 atom stereocenters. The Balaban J connectivity index is 2.05. The van der Waals surface area contributed by atoms with Crippen LogP contribution in [-0.2, 0) is 9.53 Å². The van der Waals surface area contributed by atoms with Crippen molar-refractivity contribution in [1.82, 2.24) is 5.32 Å². The van der Waals surface area contributed by atoms with E-state index in [1.165, 1.54) is 0 Å². The van der Waals surface area contributed by atoms with E-state index in [2.05, 4.69) is 5.32 Å². The molecule has 3 nitrogen and oxygen atoms in total. The highest BCUT2D eigenvalue weighted by Crippen LogP contribution is 2.08. The highest BCUT2D eigenvalue weighted by molar-refractivity contribution is 5.80. The van der Waals surface area contributed by atoms with Crippen molar-refractivity contribution in [2.75, 3.05) is 19.7 Å². The van der Waals surface area contributed by atoms with Crippen molar-refractivity contribution in [2.24, 2.45) is 5.92 Å². The van der Waals surface area contributed by atoms with Gasteiger partial charge in [-0.1, -0.05) is 13.8 Å². The fourth-order valence-electron chi connectivity index (χ4n) is 1.58. The molecule has 0 radical (unpaired) electrons. The molecule has 1 heterocycles. The Morgan fingerprint density at radius 1 is 1.43 bits per heavy atom. The smallest absolute Gasteiger partial charge is 0.137 e. The minimum atomic E-state index is 0.145. The van der Waals surface area contributed by atoms with Gasteiger partial charge in [0.25, 0.3) is 0 Å². The van der Waals surface area contributed by atoms with Crippen molar-refractivity contribution in [3.05, 3.63) is 0 Å². The van der Waals surface area contributed by atoms with Gasteiger partial charge in [-0.05, 0) is 25.9 Å². The average Bonchev–Trinajstić information content (AvgIpc) is 2.19. The number of nitrogens with one attached hydrogen (secondary N) is 1. The van der Waals surface area contributed by atoms with Crippen LogP contribution in [0, 0.1) is 5.92 Å². The fraction of sp³-hybridized carbons (Fsp3) is 0.909. The minimum absolute atomic E-state index is 0.145. The van der Waals surface area contributed by atoms with Crippen LogP contribution in [0.1, 0.15) is 33.1 Å². The summed E-state index contributed by atoms with van der Waals surface area (Å²) in [4.78, 5) is 11.3. The van der Waals surface area contributed by atoms with E-state index in [9.17, 15) is 4.79 Å². The lowest BCUT2D eigenvalue weighted by Crippen LogP contribution is -2.32. The van der Waals surface area contributed by atoms with E-state index >= 15 is 0 Å². The van der Waals surface area contributed by atoms with Gasteiger partial charge < -0.3 is 10.1 Å². The highest BCUT2D eigenvalue weighted by Gasteiger charge is 2.14. The molecule has 82 valence electrons. The molecule has 1 rings (SSSR count). The Hall–Kier alpha value is -0.410. The van der Waals surface area contributed by atoms with Crippen molar-refractivity contribution in [3.63, 3.8) is 0 Å². The summed E-state index contributed by atoms with van der Waals surface area (Å²) in [5.41, 5.74) is 0. The summed E-state index contributed by atoms with van der Waals surface area (Å²) in [6, 6.07) is 0. The van der Waals surface area contributed by atoms with Crippen LogP contribution in [0.4, 0.5) is 0 Å². The van der Waals surface area contributed by atoms with Gasteiger partial charge in [0.15, 0.2) is 0 Å². The van der Waals surface area contributed by atoms with Gasteiger partial charge in [-0.25, -0.2) is 0 Å². The van der Waals surface area contributed by atoms with Crippen LogP contribution in [0.15, 0.2) is 0 Å². The first-order valence-electron chi connectivity index (χ1n) is 5.55. The van der Waals surface area contributed by atoms with Crippen LogP contribution >= 0.6 is 0 Å². The molecule has 0 aromatic heterocycles. The summed E-state index contributed by atoms with van der Waals surface area (Å²) in [5, 5.41) is 3.29. The van der Waals surface area contributed by atoms with E-state index in [-0.39, 0.29) is 5.92 Å². The summed E-state index contributed by atoms with van der Waals surface area (Å²) in [6.45, 7) is 6.56. The first-order chi connectivity index (χ1) is 6.70. The maximum Gasteiger partial charge on any atom is 0.137 e. The predicted molar refractivity (Wildman–Crippen MR) is 56.3 cm³/mol. The number of rotatable bonds is 5. The first-order valence-corrected chi connectivity index (χ1v) is 5.55. The lowest BCUT2D eigenvalue weighted by molar-refractivity contribution is -0.123. The normalized spacial score (nSPS) is 18.8. The summed E-state index contributed by atoms with van der Waals surface area (Å²) in [5.74, 6) is 0.450. The van der Waals surface area contributed by atoms with E-state index in [0.29, 0.717) is 24.9 Å². The Bertz CT molecular complexity index is 174. The third kappa shape index (κ3) is 4.20. The average molecular weight is 199 g/mol. The van der Waals surface area contributed by atoms with Gasteiger partial charge in [0.2, 0.25) is 0 Å². The largest absolute Gasteiger partial charge is 0.378 e. The van der Waals surface area contributed by atoms with Gasteiger partial charge in [0, 0.05) is 12.3 Å². The Labute approximate surface area is 86.2 Å². The summed E-state index contributed by atoms with van der Waals surface area (Å²) in [6.07, 6.45) is 3.10. The van der Waals surface area contributed by atoms with Crippen molar-refractivity contribution >= 4 is 5.78 Å². The van der Waals surface area contributed by atoms with Gasteiger partial charge in [-0.15, -0.1) is 0 Å². The molecular weight excluding hydrogens is 178 g/mol. The lowest BCUT2D eigenvalue weighted by Gasteiger charge is -2.22. The van der Waals surface area contributed by atoms with Crippen molar-refractivity contribution in [1.29, 1.82) is 0 Å². The molecule has 0 aromatic rings. The monoisotopic (exact) mass is 199 g/mol. The molecule has 0 bridgehead atoms. The van der Waals surface area contributed by atoms with Crippen LogP contribution in [0.25, 0.3) is 0 Å². The van der Waals surface area contributed by atoms with Crippen molar-refractivity contribution < 1.29 is 9.53 Å². The standard InChI is InChI=1S/C11H21NO2/c1-9(2)11(13)5-8-14-10-3-6-12-7-4-10/h9-10,12H,3-8H2,1-2H3. The third-order valence-corrected chi connectivity index (χ3v) is 2.63. The lowest BCUT2D eigenvalue weighted by atomic mass is 10.1.